The average Bonchev–Trinajstić information content (AvgIpc) is 2.76. The van der Waals surface area contributed by atoms with E-state index in [0.717, 1.165) is 34.9 Å². The molecule has 0 aromatic heterocycles. The smallest absolute Gasteiger partial charge is 0.340 e. The van der Waals surface area contributed by atoms with Crippen LogP contribution in [-0.2, 0) is 20.7 Å². The number of nitrogens with one attached hydrogen (secondary N) is 1. The molecular formula is C24H22N2O4. The summed E-state index contributed by atoms with van der Waals surface area (Å²) in [6.07, 6.45) is 1.80. The van der Waals surface area contributed by atoms with Crippen LogP contribution in [0.4, 0.5) is 11.4 Å². The molecule has 1 N–H and O–H groups in total. The summed E-state index contributed by atoms with van der Waals surface area (Å²) in [6, 6.07) is 18.7. The third kappa shape index (κ3) is 4.03. The van der Waals surface area contributed by atoms with Crippen molar-refractivity contribution in [3.63, 3.8) is 0 Å². The first-order chi connectivity index (χ1) is 14.5. The van der Waals surface area contributed by atoms with Gasteiger partial charge in [-0.15, -0.1) is 0 Å². The van der Waals surface area contributed by atoms with Gasteiger partial charge in [0.15, 0.2) is 6.61 Å². The number of para-hydroxylation sites is 1. The highest BCUT2D eigenvalue weighted by Gasteiger charge is 2.24. The molecule has 0 fully saturated rings. The van der Waals surface area contributed by atoms with Crippen LogP contribution in [0.5, 0.6) is 0 Å². The quantitative estimate of drug-likeness (QED) is 0.671. The second-order valence-corrected chi connectivity index (χ2v) is 7.28. The van der Waals surface area contributed by atoms with E-state index < -0.39 is 5.97 Å². The van der Waals surface area contributed by atoms with E-state index in [-0.39, 0.29) is 24.0 Å². The number of hydrogen-bond acceptors (Lipinski definition) is 4. The van der Waals surface area contributed by atoms with Crippen LogP contribution >= 0.6 is 0 Å². The van der Waals surface area contributed by atoms with E-state index in [1.165, 1.54) is 6.92 Å². The summed E-state index contributed by atoms with van der Waals surface area (Å²) in [5, 5.41) is 4.41. The molecule has 0 radical (unpaired) electrons. The summed E-state index contributed by atoms with van der Waals surface area (Å²) in [7, 11) is 0. The fourth-order valence-electron chi connectivity index (χ4n) is 3.78. The first-order valence-corrected chi connectivity index (χ1v) is 9.89. The number of hydrogen-bond donors (Lipinski definition) is 1. The molecule has 6 heteroatoms. The second kappa shape index (κ2) is 8.37. The van der Waals surface area contributed by atoms with E-state index in [1.807, 2.05) is 48.5 Å². The molecule has 3 aromatic rings. The highest BCUT2D eigenvalue weighted by atomic mass is 16.5. The summed E-state index contributed by atoms with van der Waals surface area (Å²) in [6.45, 7) is 1.61. The van der Waals surface area contributed by atoms with Gasteiger partial charge in [0.25, 0.3) is 5.91 Å². The molecule has 152 valence electrons. The molecule has 30 heavy (non-hydrogen) atoms. The van der Waals surface area contributed by atoms with Gasteiger partial charge >= 0.3 is 5.97 Å². The third-order valence-corrected chi connectivity index (χ3v) is 5.15. The van der Waals surface area contributed by atoms with Crippen molar-refractivity contribution in [2.24, 2.45) is 0 Å². The van der Waals surface area contributed by atoms with Crippen LogP contribution in [0.25, 0.3) is 10.8 Å². The van der Waals surface area contributed by atoms with E-state index in [0.29, 0.717) is 12.2 Å². The maximum Gasteiger partial charge on any atom is 0.340 e. The monoisotopic (exact) mass is 402 g/mol. The van der Waals surface area contributed by atoms with Gasteiger partial charge in [-0.25, -0.2) is 4.79 Å². The Morgan fingerprint density at radius 3 is 2.47 bits per heavy atom. The lowest BCUT2D eigenvalue weighted by Crippen LogP contribution is -2.38. The Hall–Kier alpha value is -3.67. The number of anilines is 2. The van der Waals surface area contributed by atoms with Crippen molar-refractivity contribution in [2.45, 2.75) is 19.8 Å². The van der Waals surface area contributed by atoms with Crippen molar-refractivity contribution >= 4 is 39.9 Å². The fourth-order valence-corrected chi connectivity index (χ4v) is 3.78. The number of benzene rings is 3. The molecule has 3 aromatic carbocycles. The van der Waals surface area contributed by atoms with E-state index in [2.05, 4.69) is 5.32 Å². The molecule has 0 unspecified atom stereocenters. The molecule has 1 aliphatic rings. The third-order valence-electron chi connectivity index (χ3n) is 5.15. The van der Waals surface area contributed by atoms with Crippen molar-refractivity contribution < 1.29 is 19.1 Å². The van der Waals surface area contributed by atoms with Gasteiger partial charge in [0, 0.05) is 19.2 Å². The van der Waals surface area contributed by atoms with Crippen LogP contribution in [0.15, 0.2) is 60.7 Å². The van der Waals surface area contributed by atoms with Gasteiger partial charge in [-0.05, 0) is 47.4 Å². The summed E-state index contributed by atoms with van der Waals surface area (Å²) < 4.78 is 5.35. The first-order valence-electron chi connectivity index (χ1n) is 9.89. The number of carbonyl (C=O) groups excluding carboxylic acids is 3. The van der Waals surface area contributed by atoms with E-state index >= 15 is 0 Å². The number of rotatable bonds is 4. The standard InChI is InChI=1S/C24H22N2O4/c1-16(27)25-21-14-19-9-3-2-8-18(19)13-20(21)24(29)30-15-23(28)26-12-6-10-17-7-4-5-11-22(17)26/h2-5,7-9,11,13-14H,6,10,12,15H2,1H3,(H,25,27). The SMILES string of the molecule is CC(=O)Nc1cc2ccccc2cc1C(=O)OCC(=O)N1CCCc2ccccc21. The zero-order valence-corrected chi connectivity index (χ0v) is 16.7. The second-order valence-electron chi connectivity index (χ2n) is 7.28. The molecule has 1 heterocycles. The molecule has 4 rings (SSSR count). The average molecular weight is 402 g/mol. The minimum Gasteiger partial charge on any atom is -0.452 e. The fraction of sp³-hybridized carbons (Fsp3) is 0.208. The normalized spacial score (nSPS) is 12.9. The highest BCUT2D eigenvalue weighted by molar-refractivity contribution is 6.06. The number of esters is 1. The van der Waals surface area contributed by atoms with Crippen LogP contribution < -0.4 is 10.2 Å². The van der Waals surface area contributed by atoms with E-state index in [1.54, 1.807) is 17.0 Å². The molecule has 0 saturated carbocycles. The molecule has 0 spiro atoms. The van der Waals surface area contributed by atoms with Gasteiger partial charge in [-0.2, -0.15) is 0 Å². The Morgan fingerprint density at radius 2 is 1.70 bits per heavy atom. The molecule has 1 aliphatic heterocycles. The molecule has 0 aliphatic carbocycles. The van der Waals surface area contributed by atoms with Crippen molar-refractivity contribution in [3.8, 4) is 0 Å². The maximum atomic E-state index is 12.8. The first kappa shape index (κ1) is 19.6. The predicted molar refractivity (Wildman–Crippen MR) is 116 cm³/mol. The number of amides is 2. The van der Waals surface area contributed by atoms with Crippen LogP contribution in [0.3, 0.4) is 0 Å². The number of aryl methyl sites for hydroxylation is 1. The summed E-state index contributed by atoms with van der Waals surface area (Å²) in [5.74, 6) is -1.21. The van der Waals surface area contributed by atoms with Crippen LogP contribution in [0.1, 0.15) is 29.3 Å². The Balaban J connectivity index is 1.53. The van der Waals surface area contributed by atoms with Crippen LogP contribution in [0.2, 0.25) is 0 Å². The lowest BCUT2D eigenvalue weighted by molar-refractivity contribution is -0.121. The lowest BCUT2D eigenvalue weighted by atomic mass is 10.0. The molecule has 6 nitrogen and oxygen atoms in total. The Bertz CT molecular complexity index is 1140. The van der Waals surface area contributed by atoms with Gasteiger partial charge in [0.2, 0.25) is 5.91 Å². The van der Waals surface area contributed by atoms with Gasteiger partial charge in [-0.1, -0.05) is 42.5 Å². The highest BCUT2D eigenvalue weighted by Crippen LogP contribution is 2.27. The molecular weight excluding hydrogens is 380 g/mol. The Kier molecular flexibility index (Phi) is 5.48. The number of fused-ring (bicyclic) bond motifs is 2. The van der Waals surface area contributed by atoms with Crippen molar-refractivity contribution in [3.05, 3.63) is 71.8 Å². The lowest BCUT2D eigenvalue weighted by Gasteiger charge is -2.29. The predicted octanol–water partition coefficient (Wildman–Crippen LogP) is 3.93. The topological polar surface area (TPSA) is 75.7 Å². The largest absolute Gasteiger partial charge is 0.452 e. The molecule has 0 saturated heterocycles. The molecule has 0 bridgehead atoms. The molecule has 0 atom stereocenters. The Labute approximate surface area is 174 Å². The molecule has 2 amide bonds. The van der Waals surface area contributed by atoms with Gasteiger partial charge in [0.1, 0.15) is 0 Å². The minimum atomic E-state index is -0.650. The summed E-state index contributed by atoms with van der Waals surface area (Å²) >= 11 is 0. The van der Waals surface area contributed by atoms with E-state index in [4.69, 9.17) is 4.74 Å². The van der Waals surface area contributed by atoms with Crippen molar-refractivity contribution in [1.29, 1.82) is 0 Å². The van der Waals surface area contributed by atoms with Gasteiger partial charge < -0.3 is 15.0 Å². The van der Waals surface area contributed by atoms with Gasteiger partial charge in [-0.3, -0.25) is 9.59 Å². The zero-order valence-electron chi connectivity index (χ0n) is 16.7. The Morgan fingerprint density at radius 1 is 1.00 bits per heavy atom. The number of nitrogens with zero attached hydrogens (tertiary/aromatic N) is 1. The van der Waals surface area contributed by atoms with Gasteiger partial charge in [0.05, 0.1) is 11.3 Å². The van der Waals surface area contributed by atoms with Crippen molar-refractivity contribution in [1.82, 2.24) is 0 Å². The van der Waals surface area contributed by atoms with Crippen LogP contribution in [-0.4, -0.2) is 30.9 Å². The summed E-state index contributed by atoms with van der Waals surface area (Å²) in [4.78, 5) is 38.8. The van der Waals surface area contributed by atoms with E-state index in [9.17, 15) is 14.4 Å². The zero-order chi connectivity index (χ0) is 21.1. The van der Waals surface area contributed by atoms with Crippen molar-refractivity contribution in [2.75, 3.05) is 23.4 Å². The van der Waals surface area contributed by atoms with Crippen LogP contribution in [0, 0.1) is 0 Å². The number of ether oxygens (including phenoxy) is 1. The maximum absolute atomic E-state index is 12.8. The number of carbonyl (C=O) groups is 3. The minimum absolute atomic E-state index is 0.218. The summed E-state index contributed by atoms with van der Waals surface area (Å²) in [5.41, 5.74) is 2.57.